The first-order valence-electron chi connectivity index (χ1n) is 5.44. The molecule has 0 atom stereocenters. The Kier molecular flexibility index (Phi) is 4.40. The van der Waals surface area contributed by atoms with Crippen LogP contribution in [-0.2, 0) is 0 Å². The summed E-state index contributed by atoms with van der Waals surface area (Å²) < 4.78 is 5.30. The summed E-state index contributed by atoms with van der Waals surface area (Å²) in [6.07, 6.45) is 0. The molecule has 0 aliphatic carbocycles. The van der Waals surface area contributed by atoms with Gasteiger partial charge in [-0.3, -0.25) is 0 Å². The van der Waals surface area contributed by atoms with Crippen molar-refractivity contribution in [2.24, 2.45) is 0 Å². The molecule has 0 radical (unpaired) electrons. The lowest BCUT2D eigenvalue weighted by molar-refractivity contribution is 0.416. The Morgan fingerprint density at radius 3 is 2.47 bits per heavy atom. The minimum Gasteiger partial charge on any atom is -0.496 e. The van der Waals surface area contributed by atoms with Gasteiger partial charge in [0.1, 0.15) is 11.6 Å². The minimum atomic E-state index is 0.435. The van der Waals surface area contributed by atoms with Crippen LogP contribution in [0.3, 0.4) is 0 Å². The van der Waals surface area contributed by atoms with Crippen LogP contribution in [0.15, 0.2) is 24.3 Å². The number of rotatable bonds is 3. The minimum absolute atomic E-state index is 0.435. The number of aromatic nitrogens is 1. The summed E-state index contributed by atoms with van der Waals surface area (Å²) in [6.45, 7) is 0. The number of anilines is 1. The van der Waals surface area contributed by atoms with Crippen LogP contribution in [0, 0.1) is 0 Å². The third-order valence-electron chi connectivity index (χ3n) is 2.58. The van der Waals surface area contributed by atoms with E-state index in [0.717, 1.165) is 0 Å². The summed E-state index contributed by atoms with van der Waals surface area (Å²) in [5.41, 5.74) is 1.28. The quantitative estimate of drug-likeness (QED) is 0.886. The highest BCUT2D eigenvalue weighted by Gasteiger charge is 2.14. The van der Waals surface area contributed by atoms with Crippen LogP contribution in [0.2, 0.25) is 15.1 Å². The fourth-order valence-corrected chi connectivity index (χ4v) is 2.42. The van der Waals surface area contributed by atoms with E-state index in [1.807, 2.05) is 0 Å². The second-order valence-corrected chi connectivity index (χ2v) is 4.99. The summed E-state index contributed by atoms with van der Waals surface area (Å²) in [7, 11) is 3.32. The van der Waals surface area contributed by atoms with Gasteiger partial charge in [-0.1, -0.05) is 34.8 Å². The molecule has 1 N–H and O–H groups in total. The Hall–Kier alpha value is -1.16. The molecule has 0 aliphatic rings. The van der Waals surface area contributed by atoms with Crippen molar-refractivity contribution in [2.75, 3.05) is 19.5 Å². The number of benzene rings is 1. The molecule has 6 heteroatoms. The van der Waals surface area contributed by atoms with E-state index >= 15 is 0 Å². The molecule has 1 heterocycles. The maximum absolute atomic E-state index is 6.20. The Morgan fingerprint density at radius 1 is 1.11 bits per heavy atom. The first kappa shape index (κ1) is 14.3. The average Bonchev–Trinajstić information content (AvgIpc) is 2.39. The SMILES string of the molecule is CNc1nc(-c2cc(Cl)ccc2OC)c(Cl)cc1Cl. The van der Waals surface area contributed by atoms with E-state index < -0.39 is 0 Å². The molecule has 0 unspecified atom stereocenters. The smallest absolute Gasteiger partial charge is 0.145 e. The molecule has 0 bridgehead atoms. The highest BCUT2D eigenvalue weighted by atomic mass is 35.5. The summed E-state index contributed by atoms with van der Waals surface area (Å²) in [4.78, 5) is 4.40. The van der Waals surface area contributed by atoms with Crippen LogP contribution in [0.5, 0.6) is 5.75 Å². The van der Waals surface area contributed by atoms with Crippen LogP contribution >= 0.6 is 34.8 Å². The van der Waals surface area contributed by atoms with Crippen LogP contribution in [0.25, 0.3) is 11.3 Å². The van der Waals surface area contributed by atoms with Crippen LogP contribution in [0.1, 0.15) is 0 Å². The normalized spacial score (nSPS) is 10.4. The average molecular weight is 318 g/mol. The van der Waals surface area contributed by atoms with Crippen LogP contribution in [0.4, 0.5) is 5.82 Å². The van der Waals surface area contributed by atoms with Gasteiger partial charge in [0.25, 0.3) is 0 Å². The van der Waals surface area contributed by atoms with Gasteiger partial charge >= 0.3 is 0 Å². The molecule has 0 aliphatic heterocycles. The maximum Gasteiger partial charge on any atom is 0.145 e. The van der Waals surface area contributed by atoms with Crippen molar-refractivity contribution in [1.82, 2.24) is 4.98 Å². The van der Waals surface area contributed by atoms with Crippen molar-refractivity contribution in [3.8, 4) is 17.0 Å². The fraction of sp³-hybridized carbons (Fsp3) is 0.154. The van der Waals surface area contributed by atoms with Gasteiger partial charge in [-0.25, -0.2) is 4.98 Å². The van der Waals surface area contributed by atoms with Gasteiger partial charge in [0, 0.05) is 17.6 Å². The zero-order chi connectivity index (χ0) is 14.0. The lowest BCUT2D eigenvalue weighted by Gasteiger charge is -2.12. The molecule has 100 valence electrons. The van der Waals surface area contributed by atoms with Crippen LogP contribution < -0.4 is 10.1 Å². The van der Waals surface area contributed by atoms with E-state index in [9.17, 15) is 0 Å². The molecule has 0 spiro atoms. The first-order chi connectivity index (χ1) is 9.06. The fourth-order valence-electron chi connectivity index (χ4n) is 1.70. The largest absolute Gasteiger partial charge is 0.496 e. The van der Waals surface area contributed by atoms with Crippen LogP contribution in [-0.4, -0.2) is 19.1 Å². The predicted molar refractivity (Wildman–Crippen MR) is 80.8 cm³/mol. The number of hydrogen-bond acceptors (Lipinski definition) is 3. The number of halogens is 3. The standard InChI is InChI=1S/C13H11Cl3N2O/c1-17-13-10(16)6-9(15)12(18-13)8-5-7(14)3-4-11(8)19-2/h3-6H,1-2H3,(H,17,18). The number of pyridine rings is 1. The summed E-state index contributed by atoms with van der Waals surface area (Å²) >= 11 is 18.2. The highest BCUT2D eigenvalue weighted by Crippen LogP contribution is 2.38. The lowest BCUT2D eigenvalue weighted by Crippen LogP contribution is -1.97. The summed E-state index contributed by atoms with van der Waals surface area (Å²) in [6, 6.07) is 6.90. The zero-order valence-electron chi connectivity index (χ0n) is 10.3. The Balaban J connectivity index is 2.67. The van der Waals surface area contributed by atoms with Crippen molar-refractivity contribution in [3.05, 3.63) is 39.3 Å². The van der Waals surface area contributed by atoms with Gasteiger partial charge in [-0.2, -0.15) is 0 Å². The Morgan fingerprint density at radius 2 is 1.84 bits per heavy atom. The summed E-state index contributed by atoms with van der Waals surface area (Å²) in [5.74, 6) is 1.19. The first-order valence-corrected chi connectivity index (χ1v) is 6.58. The molecular formula is C13H11Cl3N2O. The van der Waals surface area contributed by atoms with Gasteiger partial charge in [0.05, 0.1) is 22.8 Å². The van der Waals surface area contributed by atoms with E-state index in [2.05, 4.69) is 10.3 Å². The molecule has 2 aromatic rings. The Bertz CT molecular complexity index is 617. The summed E-state index contributed by atoms with van der Waals surface area (Å²) in [5, 5.41) is 4.38. The molecule has 19 heavy (non-hydrogen) atoms. The van der Waals surface area contributed by atoms with Crippen molar-refractivity contribution in [3.63, 3.8) is 0 Å². The monoisotopic (exact) mass is 316 g/mol. The number of methoxy groups -OCH3 is 1. The van der Waals surface area contributed by atoms with E-state index in [4.69, 9.17) is 39.5 Å². The predicted octanol–water partition coefficient (Wildman–Crippen LogP) is 4.76. The molecule has 3 nitrogen and oxygen atoms in total. The number of nitrogens with one attached hydrogen (secondary N) is 1. The van der Waals surface area contributed by atoms with Gasteiger partial charge in [-0.15, -0.1) is 0 Å². The molecule has 2 rings (SSSR count). The molecule has 1 aromatic carbocycles. The number of ether oxygens (including phenoxy) is 1. The molecule has 1 aromatic heterocycles. The third-order valence-corrected chi connectivity index (χ3v) is 3.39. The topological polar surface area (TPSA) is 34.2 Å². The Labute approximate surface area is 126 Å². The van der Waals surface area contributed by atoms with Crippen molar-refractivity contribution >= 4 is 40.6 Å². The van der Waals surface area contributed by atoms with E-state index in [1.54, 1.807) is 38.4 Å². The zero-order valence-corrected chi connectivity index (χ0v) is 12.6. The van der Waals surface area contributed by atoms with E-state index in [-0.39, 0.29) is 0 Å². The molecule has 0 fully saturated rings. The van der Waals surface area contributed by atoms with Gasteiger partial charge < -0.3 is 10.1 Å². The van der Waals surface area contributed by atoms with Crippen molar-refractivity contribution < 1.29 is 4.74 Å². The number of hydrogen-bond donors (Lipinski definition) is 1. The van der Waals surface area contributed by atoms with Gasteiger partial charge in [0.15, 0.2) is 0 Å². The molecular weight excluding hydrogens is 307 g/mol. The molecule has 0 saturated heterocycles. The van der Waals surface area contributed by atoms with Gasteiger partial charge in [-0.05, 0) is 24.3 Å². The lowest BCUT2D eigenvalue weighted by atomic mass is 10.1. The molecule has 0 saturated carbocycles. The highest BCUT2D eigenvalue weighted by molar-refractivity contribution is 6.37. The van der Waals surface area contributed by atoms with Crippen molar-refractivity contribution in [1.29, 1.82) is 0 Å². The van der Waals surface area contributed by atoms with E-state index in [0.29, 0.717) is 37.9 Å². The van der Waals surface area contributed by atoms with Gasteiger partial charge in [0.2, 0.25) is 0 Å². The van der Waals surface area contributed by atoms with E-state index in [1.165, 1.54) is 0 Å². The maximum atomic E-state index is 6.20. The number of nitrogens with zero attached hydrogens (tertiary/aromatic N) is 1. The molecule has 0 amide bonds. The second-order valence-electron chi connectivity index (χ2n) is 3.74. The third kappa shape index (κ3) is 2.89. The second kappa shape index (κ2) is 5.87. The van der Waals surface area contributed by atoms with Crippen molar-refractivity contribution in [2.45, 2.75) is 0 Å².